The normalized spacial score (nSPS) is 19.4. The topological polar surface area (TPSA) is 66.5 Å². The van der Waals surface area contributed by atoms with Gasteiger partial charge in [0.2, 0.25) is 15.9 Å². The van der Waals surface area contributed by atoms with Gasteiger partial charge in [-0.1, -0.05) is 38.1 Å². The molecule has 2 heterocycles. The van der Waals surface area contributed by atoms with Gasteiger partial charge < -0.3 is 5.32 Å². The lowest BCUT2D eigenvalue weighted by molar-refractivity contribution is -0.117. The summed E-state index contributed by atoms with van der Waals surface area (Å²) in [6, 6.07) is 13.0. The Balaban J connectivity index is 1.71. The molecule has 2 aliphatic rings. The number of nitrogens with one attached hydrogen (secondary N) is 1. The lowest BCUT2D eigenvalue weighted by atomic mass is 9.78. The highest BCUT2D eigenvalue weighted by molar-refractivity contribution is 7.89. The number of nitrogens with zero attached hydrogens (tertiary/aromatic N) is 1. The van der Waals surface area contributed by atoms with Crippen molar-refractivity contribution in [2.24, 2.45) is 0 Å². The van der Waals surface area contributed by atoms with Crippen molar-refractivity contribution < 1.29 is 13.2 Å². The summed E-state index contributed by atoms with van der Waals surface area (Å²) in [5.41, 5.74) is 3.46. The van der Waals surface area contributed by atoms with Crippen LogP contribution < -0.4 is 5.32 Å². The fourth-order valence-corrected chi connectivity index (χ4v) is 5.31. The molecule has 0 aromatic heterocycles. The van der Waals surface area contributed by atoms with Crippen molar-refractivity contribution in [2.45, 2.75) is 43.5 Å². The summed E-state index contributed by atoms with van der Waals surface area (Å²) >= 11 is 0. The lowest BCUT2D eigenvalue weighted by Gasteiger charge is -2.33. The summed E-state index contributed by atoms with van der Waals surface area (Å²) in [5, 5.41) is 2.84. The number of amides is 1. The average molecular weight is 370 g/mol. The van der Waals surface area contributed by atoms with Gasteiger partial charge >= 0.3 is 0 Å². The molecule has 0 bridgehead atoms. The standard InChI is InChI=1S/C20H22N2O3S/c1-20(2)12-19(23)21-18-8-7-16(11-17(18)20)26(24,25)22-10-9-14-5-3-4-6-15(14)13-22/h3-8,11H,9-10,12-13H2,1-2H3,(H,21,23). The third-order valence-corrected chi connectivity index (χ3v) is 7.17. The van der Waals surface area contributed by atoms with E-state index >= 15 is 0 Å². The van der Waals surface area contributed by atoms with E-state index in [-0.39, 0.29) is 5.91 Å². The Morgan fingerprint density at radius 2 is 1.81 bits per heavy atom. The van der Waals surface area contributed by atoms with Crippen molar-refractivity contribution in [1.82, 2.24) is 4.31 Å². The van der Waals surface area contributed by atoms with Crippen LogP contribution in [0.4, 0.5) is 5.69 Å². The van der Waals surface area contributed by atoms with Crippen molar-refractivity contribution in [3.8, 4) is 0 Å². The van der Waals surface area contributed by atoms with Gasteiger partial charge in [-0.2, -0.15) is 4.31 Å². The predicted octanol–water partition coefficient (Wildman–Crippen LogP) is 3.05. The van der Waals surface area contributed by atoms with Crippen LogP contribution in [0.15, 0.2) is 47.4 Å². The van der Waals surface area contributed by atoms with Gasteiger partial charge in [0.05, 0.1) is 4.90 Å². The second kappa shape index (κ2) is 5.93. The maximum Gasteiger partial charge on any atom is 0.243 e. The van der Waals surface area contributed by atoms with Crippen LogP contribution in [0.1, 0.15) is 37.0 Å². The molecule has 6 heteroatoms. The maximum absolute atomic E-state index is 13.2. The number of carbonyl (C=O) groups is 1. The third-order valence-electron chi connectivity index (χ3n) is 5.33. The summed E-state index contributed by atoms with van der Waals surface area (Å²) in [7, 11) is -3.58. The number of sulfonamides is 1. The van der Waals surface area contributed by atoms with E-state index in [1.54, 1.807) is 22.5 Å². The molecule has 0 saturated heterocycles. The first kappa shape index (κ1) is 17.2. The number of fused-ring (bicyclic) bond motifs is 2. The van der Waals surface area contributed by atoms with Crippen LogP contribution in [0, 0.1) is 0 Å². The molecule has 0 fully saturated rings. The minimum Gasteiger partial charge on any atom is -0.326 e. The summed E-state index contributed by atoms with van der Waals surface area (Å²) in [4.78, 5) is 12.1. The molecule has 0 spiro atoms. The van der Waals surface area contributed by atoms with Crippen molar-refractivity contribution in [3.63, 3.8) is 0 Å². The molecule has 1 N–H and O–H groups in total. The largest absolute Gasteiger partial charge is 0.326 e. The van der Waals surface area contributed by atoms with Crippen LogP contribution in [0.5, 0.6) is 0 Å². The quantitative estimate of drug-likeness (QED) is 0.884. The molecular formula is C20H22N2O3S. The smallest absolute Gasteiger partial charge is 0.243 e. The fraction of sp³-hybridized carbons (Fsp3) is 0.350. The molecule has 26 heavy (non-hydrogen) atoms. The molecule has 2 aromatic carbocycles. The van der Waals surface area contributed by atoms with Gasteiger partial charge in [0.15, 0.2) is 0 Å². The Kier molecular flexibility index (Phi) is 3.93. The van der Waals surface area contributed by atoms with E-state index in [4.69, 9.17) is 0 Å². The Morgan fingerprint density at radius 3 is 2.58 bits per heavy atom. The Morgan fingerprint density at radius 1 is 1.08 bits per heavy atom. The highest BCUT2D eigenvalue weighted by Crippen LogP contribution is 2.39. The van der Waals surface area contributed by atoms with E-state index in [9.17, 15) is 13.2 Å². The van der Waals surface area contributed by atoms with Gasteiger partial charge in [-0.05, 0) is 41.3 Å². The molecule has 0 saturated carbocycles. The second-order valence-electron chi connectivity index (χ2n) is 7.67. The van der Waals surface area contributed by atoms with Crippen LogP contribution in [0.2, 0.25) is 0 Å². The summed E-state index contributed by atoms with van der Waals surface area (Å²) in [6.07, 6.45) is 1.07. The molecule has 1 amide bonds. The summed E-state index contributed by atoms with van der Waals surface area (Å²) < 4.78 is 27.9. The van der Waals surface area contributed by atoms with Crippen molar-refractivity contribution in [1.29, 1.82) is 0 Å². The molecule has 5 nitrogen and oxygen atoms in total. The van der Waals surface area contributed by atoms with Gasteiger partial charge in [0.25, 0.3) is 0 Å². The molecule has 0 aliphatic carbocycles. The van der Waals surface area contributed by atoms with Crippen LogP contribution in [0.25, 0.3) is 0 Å². The van der Waals surface area contributed by atoms with Gasteiger partial charge in [0.1, 0.15) is 0 Å². The van der Waals surface area contributed by atoms with Crippen LogP contribution in [-0.2, 0) is 33.2 Å². The number of rotatable bonds is 2. The van der Waals surface area contributed by atoms with E-state index in [1.807, 2.05) is 32.0 Å². The monoisotopic (exact) mass is 370 g/mol. The SMILES string of the molecule is CC1(C)CC(=O)Nc2ccc(S(=O)(=O)N3CCc4ccccc4C3)cc21. The first-order valence-electron chi connectivity index (χ1n) is 8.79. The zero-order valence-corrected chi connectivity index (χ0v) is 15.8. The first-order chi connectivity index (χ1) is 12.3. The lowest BCUT2D eigenvalue weighted by Crippen LogP contribution is -2.36. The zero-order valence-electron chi connectivity index (χ0n) is 15.0. The fourth-order valence-electron chi connectivity index (χ4n) is 3.87. The molecule has 0 radical (unpaired) electrons. The van der Waals surface area contributed by atoms with Gasteiger partial charge in [-0.3, -0.25) is 4.79 Å². The molecule has 0 atom stereocenters. The van der Waals surface area contributed by atoms with Crippen LogP contribution in [-0.4, -0.2) is 25.2 Å². The van der Waals surface area contributed by atoms with E-state index in [0.29, 0.717) is 30.1 Å². The minimum absolute atomic E-state index is 0.0363. The Hall–Kier alpha value is -2.18. The van der Waals surface area contributed by atoms with E-state index < -0.39 is 15.4 Å². The predicted molar refractivity (Wildman–Crippen MR) is 100 cm³/mol. The van der Waals surface area contributed by atoms with Crippen molar-refractivity contribution in [3.05, 3.63) is 59.2 Å². The molecule has 4 rings (SSSR count). The van der Waals surface area contributed by atoms with Crippen molar-refractivity contribution in [2.75, 3.05) is 11.9 Å². The summed E-state index contributed by atoms with van der Waals surface area (Å²) in [6.45, 7) is 4.82. The van der Waals surface area contributed by atoms with E-state index in [2.05, 4.69) is 11.4 Å². The second-order valence-corrected chi connectivity index (χ2v) is 9.61. The number of benzene rings is 2. The minimum atomic E-state index is -3.58. The first-order valence-corrected chi connectivity index (χ1v) is 10.2. The van der Waals surface area contributed by atoms with Crippen molar-refractivity contribution >= 4 is 21.6 Å². The molecular weight excluding hydrogens is 348 g/mol. The third kappa shape index (κ3) is 2.83. The maximum atomic E-state index is 13.2. The van der Waals surface area contributed by atoms with Gasteiger partial charge in [-0.25, -0.2) is 8.42 Å². The average Bonchev–Trinajstić information content (AvgIpc) is 2.60. The number of anilines is 1. The van der Waals surface area contributed by atoms with E-state index in [1.165, 1.54) is 5.56 Å². The Bertz CT molecular complexity index is 996. The van der Waals surface area contributed by atoms with Gasteiger partial charge in [0, 0.05) is 30.6 Å². The molecule has 2 aliphatic heterocycles. The number of hydrogen-bond acceptors (Lipinski definition) is 3. The highest BCUT2D eigenvalue weighted by atomic mass is 32.2. The van der Waals surface area contributed by atoms with Crippen LogP contribution >= 0.6 is 0 Å². The van der Waals surface area contributed by atoms with Gasteiger partial charge in [-0.15, -0.1) is 0 Å². The molecule has 136 valence electrons. The zero-order chi connectivity index (χ0) is 18.5. The number of carbonyl (C=O) groups excluding carboxylic acids is 1. The molecule has 2 aromatic rings. The Labute approximate surface area is 154 Å². The summed E-state index contributed by atoms with van der Waals surface area (Å²) in [5.74, 6) is -0.0363. The molecule has 0 unspecified atom stereocenters. The van der Waals surface area contributed by atoms with Crippen LogP contribution in [0.3, 0.4) is 0 Å². The highest BCUT2D eigenvalue weighted by Gasteiger charge is 2.34. The van der Waals surface area contributed by atoms with E-state index in [0.717, 1.165) is 17.5 Å². The number of hydrogen-bond donors (Lipinski definition) is 1.